The van der Waals surface area contributed by atoms with Crippen molar-refractivity contribution >= 4 is 46.6 Å². The summed E-state index contributed by atoms with van der Waals surface area (Å²) in [4.78, 5) is 22.9. The molecule has 1 N–H and O–H groups in total. The molecule has 0 unspecified atom stereocenters. The van der Waals surface area contributed by atoms with E-state index in [0.29, 0.717) is 53.2 Å². The number of quaternary nitrogens is 1. The van der Waals surface area contributed by atoms with Crippen molar-refractivity contribution in [2.24, 2.45) is 0 Å². The van der Waals surface area contributed by atoms with Crippen LogP contribution in [0.1, 0.15) is 0 Å². The van der Waals surface area contributed by atoms with Gasteiger partial charge in [-0.3, -0.25) is 5.32 Å². The third kappa shape index (κ3) is 3.55. The first-order chi connectivity index (χ1) is 15.1. The normalized spacial score (nSPS) is 15.9. The summed E-state index contributed by atoms with van der Waals surface area (Å²) in [6.07, 6.45) is 1.42. The van der Waals surface area contributed by atoms with E-state index in [2.05, 4.69) is 10.3 Å². The molecule has 2 aliphatic heterocycles. The molecular formula is C22H20ClN4O3S+. The zero-order valence-electron chi connectivity index (χ0n) is 16.8. The molecule has 1 fully saturated rings. The number of para-hydroxylation sites is 1. The molecule has 9 heteroatoms. The number of carbonyl (C=O) groups is 1. The number of morpholine rings is 1. The lowest BCUT2D eigenvalue weighted by molar-refractivity contribution is 0.0624. The van der Waals surface area contributed by atoms with Gasteiger partial charge in [-0.15, -0.1) is 11.8 Å². The molecule has 1 saturated heterocycles. The third-order valence-corrected chi connectivity index (χ3v) is 6.73. The number of nitrogens with one attached hydrogen (secondary N) is 1. The molecule has 1 aromatic heterocycles. The summed E-state index contributed by atoms with van der Waals surface area (Å²) in [5.74, 6) is 1.90. The molecule has 0 radical (unpaired) electrons. The molecule has 31 heavy (non-hydrogen) atoms. The topological polar surface area (TPSA) is 73.3 Å². The van der Waals surface area contributed by atoms with Crippen molar-refractivity contribution in [3.05, 3.63) is 53.7 Å². The summed E-state index contributed by atoms with van der Waals surface area (Å²) >= 11 is 8.08. The van der Waals surface area contributed by atoms with E-state index in [0.717, 1.165) is 22.0 Å². The number of hydrogen-bond acceptors (Lipinski definition) is 6. The Labute approximate surface area is 188 Å². The van der Waals surface area contributed by atoms with E-state index < -0.39 is 6.09 Å². The fourth-order valence-corrected chi connectivity index (χ4v) is 5.10. The Morgan fingerprint density at radius 2 is 1.94 bits per heavy atom. The molecule has 1 amide bonds. The van der Waals surface area contributed by atoms with Crippen LogP contribution >= 0.6 is 23.4 Å². The number of rotatable bonds is 3. The summed E-state index contributed by atoms with van der Waals surface area (Å²) < 4.78 is 11.6. The Hall–Kier alpha value is -2.65. The Bertz CT molecular complexity index is 1150. The average Bonchev–Trinajstić information content (AvgIpc) is 2.86. The van der Waals surface area contributed by atoms with Crippen LogP contribution in [0.2, 0.25) is 5.15 Å². The van der Waals surface area contributed by atoms with Crippen LogP contribution in [0.5, 0.6) is 5.75 Å². The van der Waals surface area contributed by atoms with Gasteiger partial charge in [0.05, 0.1) is 13.2 Å². The van der Waals surface area contributed by atoms with E-state index >= 15 is 0 Å². The fourth-order valence-electron chi connectivity index (χ4n) is 4.09. The van der Waals surface area contributed by atoms with Gasteiger partial charge >= 0.3 is 6.09 Å². The maximum Gasteiger partial charge on any atom is 0.417 e. The molecular weight excluding hydrogens is 436 g/mol. The van der Waals surface area contributed by atoms with Crippen molar-refractivity contribution in [3.8, 4) is 17.1 Å². The second kappa shape index (κ2) is 8.12. The number of aromatic nitrogens is 2. The summed E-state index contributed by atoms with van der Waals surface area (Å²) in [5, 5.41) is 3.37. The molecule has 0 atom stereocenters. The molecule has 3 aromatic rings. The lowest BCUT2D eigenvalue weighted by Crippen LogP contribution is -2.53. The third-order valence-electron chi connectivity index (χ3n) is 5.56. The quantitative estimate of drug-likeness (QED) is 0.336. The van der Waals surface area contributed by atoms with Crippen molar-refractivity contribution in [1.29, 1.82) is 0 Å². The van der Waals surface area contributed by atoms with Crippen LogP contribution in [0.4, 0.5) is 22.0 Å². The summed E-state index contributed by atoms with van der Waals surface area (Å²) in [5.41, 5.74) is 2.45. The van der Waals surface area contributed by atoms with Crippen LogP contribution < -0.4 is 14.5 Å². The van der Waals surface area contributed by atoms with Crippen molar-refractivity contribution in [2.45, 2.75) is 4.90 Å². The first kappa shape index (κ1) is 20.3. The van der Waals surface area contributed by atoms with E-state index in [4.69, 9.17) is 26.1 Å². The fraction of sp³-hybridized carbons (Fsp3) is 0.227. The minimum atomic E-state index is -0.549. The van der Waals surface area contributed by atoms with Gasteiger partial charge in [0.25, 0.3) is 5.82 Å². The molecule has 5 rings (SSSR count). The van der Waals surface area contributed by atoms with E-state index in [9.17, 15) is 4.79 Å². The van der Waals surface area contributed by atoms with E-state index in [1.165, 1.54) is 11.8 Å². The van der Waals surface area contributed by atoms with Gasteiger partial charge in [0.2, 0.25) is 0 Å². The first-order valence-corrected chi connectivity index (χ1v) is 11.5. The standard InChI is InChI=1S/C22H19ClN4O3S/c1-31-18-19(23)25-20-14-7-8-16(24-22(28)30-15-5-3-2-4-6-15)17(13-14)27(21(18)26-20)9-11-29-12-10-27/h2-8,13H,9-12H2,1H3/p+1. The van der Waals surface area contributed by atoms with Gasteiger partial charge in [0, 0.05) is 11.6 Å². The van der Waals surface area contributed by atoms with Crippen LogP contribution in [0, 0.1) is 0 Å². The highest BCUT2D eigenvalue weighted by molar-refractivity contribution is 7.98. The molecule has 1 spiro atoms. The van der Waals surface area contributed by atoms with Crippen molar-refractivity contribution in [3.63, 3.8) is 0 Å². The second-order valence-corrected chi connectivity index (χ2v) is 8.46. The van der Waals surface area contributed by atoms with Crippen molar-refractivity contribution < 1.29 is 14.3 Å². The monoisotopic (exact) mass is 455 g/mol. The average molecular weight is 456 g/mol. The van der Waals surface area contributed by atoms with Crippen LogP contribution in [-0.2, 0) is 4.74 Å². The highest BCUT2D eigenvalue weighted by Gasteiger charge is 2.44. The van der Waals surface area contributed by atoms with Gasteiger partial charge < -0.3 is 9.47 Å². The number of amides is 1. The van der Waals surface area contributed by atoms with E-state index in [1.54, 1.807) is 12.1 Å². The maximum atomic E-state index is 12.7. The van der Waals surface area contributed by atoms with Crippen LogP contribution in [0.15, 0.2) is 53.4 Å². The van der Waals surface area contributed by atoms with Crippen molar-refractivity contribution in [1.82, 2.24) is 14.5 Å². The predicted molar refractivity (Wildman–Crippen MR) is 122 cm³/mol. The zero-order valence-corrected chi connectivity index (χ0v) is 18.4. The molecule has 3 heterocycles. The number of thioether (sulfide) groups is 1. The number of halogens is 1. The van der Waals surface area contributed by atoms with Gasteiger partial charge in [-0.1, -0.05) is 29.8 Å². The highest BCUT2D eigenvalue weighted by atomic mass is 35.5. The molecule has 0 saturated carbocycles. The first-order valence-electron chi connectivity index (χ1n) is 9.86. The molecule has 2 aromatic carbocycles. The molecule has 158 valence electrons. The predicted octanol–water partition coefficient (Wildman–Crippen LogP) is 5.11. The highest BCUT2D eigenvalue weighted by Crippen LogP contribution is 2.49. The van der Waals surface area contributed by atoms with Gasteiger partial charge in [-0.25, -0.2) is 14.3 Å². The van der Waals surface area contributed by atoms with Crippen molar-refractivity contribution in [2.75, 3.05) is 37.9 Å². The number of hydrogen-bond donors (Lipinski definition) is 1. The number of nitrogens with zero attached hydrogens (tertiary/aromatic N) is 3. The van der Waals surface area contributed by atoms with Crippen LogP contribution in [0.3, 0.4) is 0 Å². The van der Waals surface area contributed by atoms with E-state index in [-0.39, 0.29) is 0 Å². The number of anilines is 1. The lowest BCUT2D eigenvalue weighted by Gasteiger charge is -2.40. The number of benzene rings is 2. The Kier molecular flexibility index (Phi) is 5.31. The molecule has 2 aliphatic rings. The zero-order chi connectivity index (χ0) is 21.4. The molecule has 7 nitrogen and oxygen atoms in total. The Balaban J connectivity index is 1.60. The van der Waals surface area contributed by atoms with Gasteiger partial charge in [-0.2, -0.15) is 4.98 Å². The number of ether oxygens (including phenoxy) is 2. The summed E-state index contributed by atoms with van der Waals surface area (Å²) in [6.45, 7) is 2.49. The van der Waals surface area contributed by atoms with Gasteiger partial charge in [-0.05, 0) is 30.5 Å². The number of fused-ring (bicyclic) bond motifs is 7. The molecule has 4 bridgehead atoms. The molecule has 0 aliphatic carbocycles. The minimum absolute atomic E-state index is 0.431. The smallest absolute Gasteiger partial charge is 0.410 e. The van der Waals surface area contributed by atoms with E-state index in [1.807, 2.05) is 42.7 Å². The Morgan fingerprint density at radius 1 is 1.16 bits per heavy atom. The van der Waals surface area contributed by atoms with Crippen LogP contribution in [0.25, 0.3) is 11.4 Å². The Morgan fingerprint density at radius 3 is 2.68 bits per heavy atom. The summed E-state index contributed by atoms with van der Waals surface area (Å²) in [7, 11) is 0. The van der Waals surface area contributed by atoms with Gasteiger partial charge in [0.1, 0.15) is 29.4 Å². The van der Waals surface area contributed by atoms with Gasteiger partial charge in [0.15, 0.2) is 16.7 Å². The summed E-state index contributed by atoms with van der Waals surface area (Å²) in [6, 6.07) is 14.8. The largest absolute Gasteiger partial charge is 0.417 e. The number of carbonyl (C=O) groups excluding carboxylic acids is 1. The SMILES string of the molecule is CSc1c(Cl)nc2nc1[N+]1(CCOCC1)c1cc-2ccc1NC(=O)Oc1ccccc1. The maximum absolute atomic E-state index is 12.7. The van der Waals surface area contributed by atoms with Crippen LogP contribution in [-0.4, -0.2) is 48.6 Å². The lowest BCUT2D eigenvalue weighted by atomic mass is 10.1. The second-order valence-electron chi connectivity index (χ2n) is 7.28. The minimum Gasteiger partial charge on any atom is -0.410 e.